The van der Waals surface area contributed by atoms with Crippen molar-refractivity contribution in [2.24, 2.45) is 5.92 Å². The third kappa shape index (κ3) is 5.55. The first-order valence-electron chi connectivity index (χ1n) is 7.21. The zero-order chi connectivity index (χ0) is 16.0. The lowest BCUT2D eigenvalue weighted by Crippen LogP contribution is -2.37. The topological polar surface area (TPSA) is 50.4 Å². The molecule has 0 saturated carbocycles. The lowest BCUT2D eigenvalue weighted by Gasteiger charge is -2.21. The van der Waals surface area contributed by atoms with E-state index in [4.69, 9.17) is 0 Å². The number of carbonyl (C=O) groups excluding carboxylic acids is 1. The summed E-state index contributed by atoms with van der Waals surface area (Å²) >= 11 is 0. The van der Waals surface area contributed by atoms with E-state index in [9.17, 15) is 18.0 Å². The average molecular weight is 316 g/mol. The van der Waals surface area contributed by atoms with Crippen molar-refractivity contribution in [2.45, 2.75) is 25.6 Å². The maximum atomic E-state index is 12.1. The number of halogens is 3. The Balaban J connectivity index is 1.83. The predicted molar refractivity (Wildman–Crippen MR) is 75.4 cm³/mol. The molecule has 1 aliphatic heterocycles. The molecule has 0 bridgehead atoms. The molecule has 0 aliphatic carbocycles. The molecule has 0 spiro atoms. The zero-order valence-corrected chi connectivity index (χ0v) is 12.1. The van der Waals surface area contributed by atoms with Gasteiger partial charge in [0.05, 0.1) is 0 Å². The van der Waals surface area contributed by atoms with Gasteiger partial charge in [-0.05, 0) is 43.6 Å². The summed E-state index contributed by atoms with van der Waals surface area (Å²) in [6.07, 6.45) is -2.75. The van der Waals surface area contributed by atoms with Crippen LogP contribution in [0.2, 0.25) is 0 Å². The molecule has 1 heterocycles. The SMILES string of the molecule is O=C(NCc1cccc(OCC(F)(F)F)c1)C1CCNCC1. The Morgan fingerprint density at radius 1 is 1.32 bits per heavy atom. The third-order valence-corrected chi connectivity index (χ3v) is 3.48. The van der Waals surface area contributed by atoms with Gasteiger partial charge in [0.15, 0.2) is 6.61 Å². The first kappa shape index (κ1) is 16.6. The van der Waals surface area contributed by atoms with Crippen molar-refractivity contribution in [2.75, 3.05) is 19.7 Å². The first-order chi connectivity index (χ1) is 10.4. The Hall–Kier alpha value is -1.76. The van der Waals surface area contributed by atoms with Gasteiger partial charge >= 0.3 is 6.18 Å². The molecular formula is C15H19F3N2O2. The minimum atomic E-state index is -4.36. The molecule has 7 heteroatoms. The van der Waals surface area contributed by atoms with Crippen LogP contribution in [0.4, 0.5) is 13.2 Å². The molecule has 0 atom stereocenters. The van der Waals surface area contributed by atoms with Crippen molar-refractivity contribution < 1.29 is 22.7 Å². The van der Waals surface area contributed by atoms with Gasteiger partial charge in [-0.3, -0.25) is 4.79 Å². The second-order valence-corrected chi connectivity index (χ2v) is 5.29. The van der Waals surface area contributed by atoms with Gasteiger partial charge in [-0.25, -0.2) is 0 Å². The normalized spacial score (nSPS) is 16.3. The molecule has 2 rings (SSSR count). The van der Waals surface area contributed by atoms with Crippen LogP contribution in [0.3, 0.4) is 0 Å². The van der Waals surface area contributed by atoms with Crippen molar-refractivity contribution in [1.82, 2.24) is 10.6 Å². The molecule has 1 aromatic carbocycles. The molecule has 22 heavy (non-hydrogen) atoms. The summed E-state index contributed by atoms with van der Waals surface area (Å²) in [5.74, 6) is 0.139. The van der Waals surface area contributed by atoms with E-state index >= 15 is 0 Å². The Morgan fingerprint density at radius 3 is 2.73 bits per heavy atom. The number of hydrogen-bond acceptors (Lipinski definition) is 3. The second-order valence-electron chi connectivity index (χ2n) is 5.29. The number of benzene rings is 1. The van der Waals surface area contributed by atoms with Gasteiger partial charge in [-0.2, -0.15) is 13.2 Å². The number of hydrogen-bond donors (Lipinski definition) is 2. The maximum Gasteiger partial charge on any atom is 0.422 e. The zero-order valence-electron chi connectivity index (χ0n) is 12.1. The molecular weight excluding hydrogens is 297 g/mol. The van der Waals surface area contributed by atoms with E-state index in [0.717, 1.165) is 25.9 Å². The molecule has 1 fully saturated rings. The Labute approximate surface area is 127 Å². The standard InChI is InChI=1S/C15H19F3N2O2/c16-15(17,18)10-22-13-3-1-2-11(8-13)9-20-14(21)12-4-6-19-7-5-12/h1-3,8,12,19H,4-7,9-10H2,(H,20,21). The summed E-state index contributed by atoms with van der Waals surface area (Å²) in [7, 11) is 0. The Morgan fingerprint density at radius 2 is 2.05 bits per heavy atom. The highest BCUT2D eigenvalue weighted by Gasteiger charge is 2.28. The number of rotatable bonds is 5. The molecule has 4 nitrogen and oxygen atoms in total. The van der Waals surface area contributed by atoms with Gasteiger partial charge < -0.3 is 15.4 Å². The minimum absolute atomic E-state index is 0.00547. The molecule has 0 radical (unpaired) electrons. The lowest BCUT2D eigenvalue weighted by atomic mass is 9.97. The third-order valence-electron chi connectivity index (χ3n) is 3.48. The van der Waals surface area contributed by atoms with E-state index < -0.39 is 12.8 Å². The molecule has 1 aliphatic rings. The molecule has 1 aromatic rings. The van der Waals surface area contributed by atoms with E-state index in [1.165, 1.54) is 12.1 Å². The van der Waals surface area contributed by atoms with Crippen LogP contribution in [0.5, 0.6) is 5.75 Å². The van der Waals surface area contributed by atoms with Crippen LogP contribution in [-0.2, 0) is 11.3 Å². The lowest BCUT2D eigenvalue weighted by molar-refractivity contribution is -0.153. The highest BCUT2D eigenvalue weighted by molar-refractivity contribution is 5.78. The van der Waals surface area contributed by atoms with Crippen molar-refractivity contribution >= 4 is 5.91 Å². The number of ether oxygens (including phenoxy) is 1. The summed E-state index contributed by atoms with van der Waals surface area (Å²) in [6, 6.07) is 6.32. The van der Waals surface area contributed by atoms with E-state index in [2.05, 4.69) is 15.4 Å². The quantitative estimate of drug-likeness (QED) is 0.876. The van der Waals surface area contributed by atoms with Crippen LogP contribution < -0.4 is 15.4 Å². The minimum Gasteiger partial charge on any atom is -0.484 e. The molecule has 0 unspecified atom stereocenters. The number of piperidine rings is 1. The fourth-order valence-electron chi connectivity index (χ4n) is 2.33. The van der Waals surface area contributed by atoms with Gasteiger partial charge in [0.25, 0.3) is 0 Å². The largest absolute Gasteiger partial charge is 0.484 e. The van der Waals surface area contributed by atoms with Gasteiger partial charge in [-0.15, -0.1) is 0 Å². The van der Waals surface area contributed by atoms with Gasteiger partial charge in [0, 0.05) is 12.5 Å². The fraction of sp³-hybridized carbons (Fsp3) is 0.533. The monoisotopic (exact) mass is 316 g/mol. The van der Waals surface area contributed by atoms with Crippen LogP contribution in [0, 0.1) is 5.92 Å². The predicted octanol–water partition coefficient (Wildman–Crippen LogP) is 2.24. The van der Waals surface area contributed by atoms with E-state index in [-0.39, 0.29) is 24.1 Å². The number of carbonyl (C=O) groups is 1. The van der Waals surface area contributed by atoms with Crippen molar-refractivity contribution in [1.29, 1.82) is 0 Å². The highest BCUT2D eigenvalue weighted by atomic mass is 19.4. The summed E-state index contributed by atoms with van der Waals surface area (Å²) < 4.78 is 41.0. The number of amides is 1. The molecule has 2 N–H and O–H groups in total. The molecule has 122 valence electrons. The van der Waals surface area contributed by atoms with Crippen LogP contribution in [-0.4, -0.2) is 31.8 Å². The van der Waals surface area contributed by atoms with Crippen LogP contribution >= 0.6 is 0 Å². The first-order valence-corrected chi connectivity index (χ1v) is 7.21. The van der Waals surface area contributed by atoms with Crippen molar-refractivity contribution in [3.63, 3.8) is 0 Å². The summed E-state index contributed by atoms with van der Waals surface area (Å²) in [5.41, 5.74) is 0.710. The Kier molecular flexibility index (Phi) is 5.65. The van der Waals surface area contributed by atoms with Crippen LogP contribution in [0.1, 0.15) is 18.4 Å². The van der Waals surface area contributed by atoms with Gasteiger partial charge in [0.1, 0.15) is 5.75 Å². The number of alkyl halides is 3. The maximum absolute atomic E-state index is 12.1. The molecule has 1 amide bonds. The van der Waals surface area contributed by atoms with Gasteiger partial charge in [-0.1, -0.05) is 12.1 Å². The smallest absolute Gasteiger partial charge is 0.422 e. The van der Waals surface area contributed by atoms with E-state index in [0.29, 0.717) is 5.56 Å². The van der Waals surface area contributed by atoms with Crippen molar-refractivity contribution in [3.05, 3.63) is 29.8 Å². The summed E-state index contributed by atoms with van der Waals surface area (Å²) in [5, 5.41) is 6.01. The average Bonchev–Trinajstić information content (AvgIpc) is 2.51. The van der Waals surface area contributed by atoms with Crippen LogP contribution in [0.15, 0.2) is 24.3 Å². The van der Waals surface area contributed by atoms with Crippen LogP contribution in [0.25, 0.3) is 0 Å². The van der Waals surface area contributed by atoms with Gasteiger partial charge in [0.2, 0.25) is 5.91 Å². The Bertz CT molecular complexity index is 500. The summed E-state index contributed by atoms with van der Waals surface area (Å²) in [4.78, 5) is 12.0. The number of nitrogens with one attached hydrogen (secondary N) is 2. The molecule has 1 saturated heterocycles. The second kappa shape index (κ2) is 7.49. The summed E-state index contributed by atoms with van der Waals surface area (Å²) in [6.45, 7) is 0.627. The highest BCUT2D eigenvalue weighted by Crippen LogP contribution is 2.19. The van der Waals surface area contributed by atoms with E-state index in [1.807, 2.05) is 0 Å². The molecule has 0 aromatic heterocycles. The van der Waals surface area contributed by atoms with E-state index in [1.54, 1.807) is 12.1 Å². The van der Waals surface area contributed by atoms with Crippen molar-refractivity contribution in [3.8, 4) is 5.75 Å². The fourth-order valence-corrected chi connectivity index (χ4v) is 2.33.